The van der Waals surface area contributed by atoms with Crippen molar-refractivity contribution >= 4 is 0 Å². The highest BCUT2D eigenvalue weighted by atomic mass is 19.4. The van der Waals surface area contributed by atoms with Crippen molar-refractivity contribution in [1.29, 1.82) is 0 Å². The van der Waals surface area contributed by atoms with Crippen LogP contribution in [0.25, 0.3) is 0 Å². The van der Waals surface area contributed by atoms with Crippen molar-refractivity contribution in [2.75, 3.05) is 0 Å². The van der Waals surface area contributed by atoms with E-state index >= 15 is 0 Å². The molecule has 2 nitrogen and oxygen atoms in total. The van der Waals surface area contributed by atoms with Crippen molar-refractivity contribution < 1.29 is 13.2 Å². The van der Waals surface area contributed by atoms with E-state index in [0.29, 0.717) is 6.42 Å². The molecule has 0 saturated heterocycles. The van der Waals surface area contributed by atoms with Gasteiger partial charge in [-0.15, -0.1) is 0 Å². The normalized spacial score (nSPS) is 27.1. The van der Waals surface area contributed by atoms with Crippen LogP contribution in [0.15, 0.2) is 24.5 Å². The maximum Gasteiger partial charge on any atom is 0.391 e. The lowest BCUT2D eigenvalue weighted by Gasteiger charge is -2.36. The maximum atomic E-state index is 12.9. The van der Waals surface area contributed by atoms with Crippen molar-refractivity contribution in [2.24, 2.45) is 17.6 Å². The zero-order valence-corrected chi connectivity index (χ0v) is 11.6. The summed E-state index contributed by atoms with van der Waals surface area (Å²) >= 11 is 0. The summed E-state index contributed by atoms with van der Waals surface area (Å²) < 4.78 is 38.6. The first kappa shape index (κ1) is 15.3. The predicted molar refractivity (Wildman–Crippen MR) is 72.1 cm³/mol. The number of hydrogen-bond donors (Lipinski definition) is 1. The minimum atomic E-state index is -4.09. The zero-order chi connectivity index (χ0) is 14.8. The fourth-order valence-electron chi connectivity index (χ4n) is 3.17. The summed E-state index contributed by atoms with van der Waals surface area (Å²) in [6, 6.07) is 3.53. The molecule has 1 aliphatic rings. The molecule has 0 radical (unpaired) electrons. The fraction of sp³-hybridized carbons (Fsp3) is 0.667. The Labute approximate surface area is 117 Å². The predicted octanol–water partition coefficient (Wildman–Crippen LogP) is 3.88. The Hall–Kier alpha value is -1.10. The van der Waals surface area contributed by atoms with Crippen LogP contribution in [-0.4, -0.2) is 17.2 Å². The van der Waals surface area contributed by atoms with Crippen LogP contribution in [0.3, 0.4) is 0 Å². The van der Waals surface area contributed by atoms with Crippen LogP contribution < -0.4 is 5.73 Å². The smallest absolute Gasteiger partial charge is 0.327 e. The van der Waals surface area contributed by atoms with Gasteiger partial charge in [-0.05, 0) is 48.8 Å². The monoisotopic (exact) mass is 286 g/mol. The molecule has 5 heteroatoms. The molecule has 20 heavy (non-hydrogen) atoms. The molecule has 1 aromatic heterocycles. The van der Waals surface area contributed by atoms with Gasteiger partial charge in [0.05, 0.1) is 5.92 Å². The molecule has 0 amide bonds. The van der Waals surface area contributed by atoms with E-state index in [4.69, 9.17) is 5.73 Å². The zero-order valence-electron chi connectivity index (χ0n) is 11.6. The van der Waals surface area contributed by atoms with Gasteiger partial charge >= 0.3 is 6.18 Å². The Morgan fingerprint density at radius 1 is 1.25 bits per heavy atom. The summed E-state index contributed by atoms with van der Waals surface area (Å²) in [5.41, 5.74) is 7.28. The van der Waals surface area contributed by atoms with Crippen LogP contribution in [0.5, 0.6) is 0 Å². The third-order valence-electron chi connectivity index (χ3n) is 4.53. The van der Waals surface area contributed by atoms with E-state index in [9.17, 15) is 13.2 Å². The highest BCUT2D eigenvalue weighted by molar-refractivity contribution is 5.17. The van der Waals surface area contributed by atoms with Gasteiger partial charge in [0, 0.05) is 18.4 Å². The number of aromatic nitrogens is 1. The molecule has 0 aromatic carbocycles. The van der Waals surface area contributed by atoms with Crippen molar-refractivity contribution in [3.8, 4) is 0 Å². The van der Waals surface area contributed by atoms with Crippen LogP contribution in [0.2, 0.25) is 0 Å². The topological polar surface area (TPSA) is 38.9 Å². The van der Waals surface area contributed by atoms with Crippen LogP contribution >= 0.6 is 0 Å². The van der Waals surface area contributed by atoms with E-state index < -0.39 is 12.1 Å². The SMILES string of the molecule is CC(c1ccncc1)C(N)C1CCCC(C(F)(F)F)C1. The molecule has 4 unspecified atom stereocenters. The standard InChI is InChI=1S/C15H21F3N2/c1-10(11-5-7-20-8-6-11)14(19)12-3-2-4-13(9-12)15(16,17)18/h5-8,10,12-14H,2-4,9,19H2,1H3. The average molecular weight is 286 g/mol. The van der Waals surface area contributed by atoms with Gasteiger partial charge < -0.3 is 5.73 Å². The van der Waals surface area contributed by atoms with Crippen molar-refractivity contribution in [3.63, 3.8) is 0 Å². The summed E-state index contributed by atoms with van der Waals surface area (Å²) in [5, 5.41) is 0. The Morgan fingerprint density at radius 3 is 2.50 bits per heavy atom. The summed E-state index contributed by atoms with van der Waals surface area (Å²) in [7, 11) is 0. The van der Waals surface area contributed by atoms with E-state index in [2.05, 4.69) is 4.98 Å². The second-order valence-electron chi connectivity index (χ2n) is 5.81. The van der Waals surface area contributed by atoms with Gasteiger partial charge in [-0.2, -0.15) is 13.2 Å². The molecule has 1 saturated carbocycles. The largest absolute Gasteiger partial charge is 0.391 e. The Morgan fingerprint density at radius 2 is 1.90 bits per heavy atom. The lowest BCUT2D eigenvalue weighted by Crippen LogP contribution is -2.40. The minimum Gasteiger partial charge on any atom is -0.327 e. The van der Waals surface area contributed by atoms with Gasteiger partial charge in [0.1, 0.15) is 0 Å². The number of rotatable bonds is 3. The first-order valence-corrected chi connectivity index (χ1v) is 7.12. The number of alkyl halides is 3. The second kappa shape index (κ2) is 6.12. The first-order valence-electron chi connectivity index (χ1n) is 7.12. The molecule has 2 N–H and O–H groups in total. The van der Waals surface area contributed by atoms with Gasteiger partial charge in [0.25, 0.3) is 0 Å². The molecule has 0 aliphatic heterocycles. The van der Waals surface area contributed by atoms with E-state index in [1.807, 2.05) is 19.1 Å². The van der Waals surface area contributed by atoms with Gasteiger partial charge in [-0.3, -0.25) is 4.98 Å². The third kappa shape index (κ3) is 3.51. The van der Waals surface area contributed by atoms with Gasteiger partial charge in [-0.25, -0.2) is 0 Å². The highest BCUT2D eigenvalue weighted by Crippen LogP contribution is 2.42. The molecule has 112 valence electrons. The number of nitrogens with zero attached hydrogens (tertiary/aromatic N) is 1. The lowest BCUT2D eigenvalue weighted by atomic mass is 9.73. The Kier molecular flexibility index (Phi) is 4.68. The van der Waals surface area contributed by atoms with Crippen molar-refractivity contribution in [1.82, 2.24) is 4.98 Å². The highest BCUT2D eigenvalue weighted by Gasteiger charge is 2.43. The van der Waals surface area contributed by atoms with E-state index in [0.717, 1.165) is 12.0 Å². The Bertz CT molecular complexity index is 419. The number of hydrogen-bond acceptors (Lipinski definition) is 2. The van der Waals surface area contributed by atoms with Gasteiger partial charge in [0.2, 0.25) is 0 Å². The maximum absolute atomic E-state index is 12.9. The first-order chi connectivity index (χ1) is 9.39. The molecule has 1 aromatic rings. The summed E-state index contributed by atoms with van der Waals surface area (Å²) in [5.74, 6) is -1.19. The van der Waals surface area contributed by atoms with Gasteiger partial charge in [-0.1, -0.05) is 13.3 Å². The van der Waals surface area contributed by atoms with Gasteiger partial charge in [0.15, 0.2) is 0 Å². The molecule has 0 bridgehead atoms. The Balaban J connectivity index is 2.03. The second-order valence-corrected chi connectivity index (χ2v) is 5.81. The summed E-state index contributed by atoms with van der Waals surface area (Å²) in [6.45, 7) is 1.98. The van der Waals surface area contributed by atoms with Crippen LogP contribution in [0.4, 0.5) is 13.2 Å². The van der Waals surface area contributed by atoms with Crippen LogP contribution in [0.1, 0.15) is 44.1 Å². The van der Waals surface area contributed by atoms with Crippen molar-refractivity contribution in [2.45, 2.75) is 50.7 Å². The number of nitrogens with two attached hydrogens (primary N) is 1. The summed E-state index contributed by atoms with van der Waals surface area (Å²) in [4.78, 5) is 3.95. The molecule has 1 heterocycles. The van der Waals surface area contributed by atoms with E-state index in [1.54, 1.807) is 12.4 Å². The molecule has 1 aliphatic carbocycles. The minimum absolute atomic E-state index is 0.0509. The molecule has 0 spiro atoms. The van der Waals surface area contributed by atoms with E-state index in [1.165, 1.54) is 0 Å². The lowest BCUT2D eigenvalue weighted by molar-refractivity contribution is -0.186. The number of pyridine rings is 1. The summed E-state index contributed by atoms with van der Waals surface area (Å²) in [6.07, 6.45) is 1.12. The quantitative estimate of drug-likeness (QED) is 0.915. The van der Waals surface area contributed by atoms with Crippen molar-refractivity contribution in [3.05, 3.63) is 30.1 Å². The molecule has 1 fully saturated rings. The van der Waals surface area contributed by atoms with E-state index in [-0.39, 0.29) is 30.7 Å². The third-order valence-corrected chi connectivity index (χ3v) is 4.53. The molecule has 4 atom stereocenters. The molecular formula is C15H21F3N2. The number of halogens is 3. The average Bonchev–Trinajstić information content (AvgIpc) is 2.46. The van der Waals surface area contributed by atoms with Crippen LogP contribution in [-0.2, 0) is 0 Å². The van der Waals surface area contributed by atoms with Crippen LogP contribution in [0, 0.1) is 11.8 Å². The molecule has 2 rings (SSSR count). The molecular weight excluding hydrogens is 265 g/mol. The fourth-order valence-corrected chi connectivity index (χ4v) is 3.17.